The Labute approximate surface area is 163 Å². The summed E-state index contributed by atoms with van der Waals surface area (Å²) in [5.74, 6) is 0.974. The second-order valence-corrected chi connectivity index (χ2v) is 6.38. The van der Waals surface area contributed by atoms with Crippen molar-refractivity contribution in [3.05, 3.63) is 29.8 Å². The Balaban J connectivity index is 0.00000288. The quantitative estimate of drug-likeness (QED) is 0.381. The Morgan fingerprint density at radius 2 is 1.96 bits per heavy atom. The first kappa shape index (κ1) is 21.2. The molecule has 136 valence electrons. The maximum atomic E-state index is 9.40. The van der Waals surface area contributed by atoms with Crippen molar-refractivity contribution in [1.29, 1.82) is 0 Å². The molecule has 5 heteroatoms. The van der Waals surface area contributed by atoms with Crippen LogP contribution in [-0.4, -0.2) is 37.3 Å². The molecule has 0 bridgehead atoms. The number of nitrogens with one attached hydrogen (secondary N) is 1. The molecule has 0 atom stereocenters. The Morgan fingerprint density at radius 1 is 1.25 bits per heavy atom. The normalized spacial score (nSPS) is 14.3. The third-order valence-corrected chi connectivity index (χ3v) is 5.18. The van der Waals surface area contributed by atoms with Crippen LogP contribution in [0.15, 0.2) is 29.3 Å². The van der Waals surface area contributed by atoms with Gasteiger partial charge in [0.15, 0.2) is 5.96 Å². The molecule has 2 N–H and O–H groups in total. The van der Waals surface area contributed by atoms with E-state index in [9.17, 15) is 5.11 Å². The Bertz CT molecular complexity index is 529. The number of aliphatic hydroxyl groups is 1. The molecule has 0 radical (unpaired) electrons. The lowest BCUT2D eigenvalue weighted by Gasteiger charge is -2.30. The van der Waals surface area contributed by atoms with Crippen LogP contribution < -0.4 is 10.2 Å². The highest BCUT2D eigenvalue weighted by Crippen LogP contribution is 2.32. The minimum absolute atomic E-state index is 0. The first-order valence-corrected chi connectivity index (χ1v) is 8.94. The average molecular weight is 445 g/mol. The van der Waals surface area contributed by atoms with Crippen LogP contribution in [-0.2, 0) is 6.42 Å². The fourth-order valence-corrected chi connectivity index (χ4v) is 3.34. The molecular formula is C19H32IN3O. The fourth-order valence-electron chi connectivity index (χ4n) is 3.34. The minimum atomic E-state index is 0. The van der Waals surface area contributed by atoms with E-state index in [0.29, 0.717) is 0 Å². The molecule has 0 fully saturated rings. The van der Waals surface area contributed by atoms with Crippen molar-refractivity contribution in [3.63, 3.8) is 0 Å². The topological polar surface area (TPSA) is 47.9 Å². The van der Waals surface area contributed by atoms with E-state index < -0.39 is 0 Å². The average Bonchev–Trinajstić information content (AvgIpc) is 3.01. The number of para-hydroxylation sites is 1. The molecule has 1 aliphatic heterocycles. The Kier molecular flexibility index (Phi) is 9.05. The first-order valence-electron chi connectivity index (χ1n) is 8.94. The summed E-state index contributed by atoms with van der Waals surface area (Å²) in [6.45, 7) is 9.36. The Morgan fingerprint density at radius 3 is 2.58 bits per heavy atom. The summed E-state index contributed by atoms with van der Waals surface area (Å²) in [6.07, 6.45) is 3.98. The van der Waals surface area contributed by atoms with Gasteiger partial charge in [-0.1, -0.05) is 32.0 Å². The highest BCUT2D eigenvalue weighted by atomic mass is 127. The number of hydrogen-bond donors (Lipinski definition) is 2. The smallest absolute Gasteiger partial charge is 0.198 e. The second-order valence-electron chi connectivity index (χ2n) is 6.38. The van der Waals surface area contributed by atoms with Gasteiger partial charge in [-0.2, -0.15) is 0 Å². The van der Waals surface area contributed by atoms with Crippen molar-refractivity contribution in [2.45, 2.75) is 46.5 Å². The first-order chi connectivity index (χ1) is 11.2. The van der Waals surface area contributed by atoms with Gasteiger partial charge in [0.2, 0.25) is 0 Å². The number of aliphatic hydroxyl groups excluding tert-OH is 1. The molecule has 4 nitrogen and oxygen atoms in total. The number of rotatable bonds is 7. The van der Waals surface area contributed by atoms with Gasteiger partial charge in [0.1, 0.15) is 0 Å². The molecular weight excluding hydrogens is 413 g/mol. The predicted octanol–water partition coefficient (Wildman–Crippen LogP) is 3.82. The number of aliphatic imine (C=N–C) groups is 1. The van der Waals surface area contributed by atoms with Gasteiger partial charge >= 0.3 is 0 Å². The zero-order chi connectivity index (χ0) is 16.7. The molecule has 1 aliphatic rings. The van der Waals surface area contributed by atoms with E-state index in [0.717, 1.165) is 51.3 Å². The molecule has 1 aromatic rings. The molecule has 24 heavy (non-hydrogen) atoms. The van der Waals surface area contributed by atoms with Crippen LogP contribution in [0.25, 0.3) is 0 Å². The number of fused-ring (bicyclic) bond motifs is 1. The van der Waals surface area contributed by atoms with Crippen molar-refractivity contribution >= 4 is 35.6 Å². The van der Waals surface area contributed by atoms with Crippen LogP contribution in [0, 0.1) is 5.41 Å². The van der Waals surface area contributed by atoms with Gasteiger partial charge in [-0.25, -0.2) is 0 Å². The summed E-state index contributed by atoms with van der Waals surface area (Å²) in [7, 11) is 0. The van der Waals surface area contributed by atoms with Crippen molar-refractivity contribution in [3.8, 4) is 0 Å². The van der Waals surface area contributed by atoms with E-state index in [1.165, 1.54) is 11.3 Å². The molecule has 0 aromatic heterocycles. The standard InChI is InChI=1S/C19H31N3O.HI/c1-4-19(5-2,12-14-23)15-21-18(20-6-3)22-13-11-16-9-7-8-10-17(16)22;/h7-10,23H,4-6,11-15H2,1-3H3,(H,20,21);1H. The lowest BCUT2D eigenvalue weighted by molar-refractivity contribution is 0.175. The Hall–Kier alpha value is -0.820. The highest BCUT2D eigenvalue weighted by molar-refractivity contribution is 14.0. The van der Waals surface area contributed by atoms with Crippen molar-refractivity contribution in [1.82, 2.24) is 5.32 Å². The van der Waals surface area contributed by atoms with Gasteiger partial charge in [-0.3, -0.25) is 4.99 Å². The number of guanidine groups is 1. The number of halogens is 1. The van der Waals surface area contributed by atoms with E-state index in [4.69, 9.17) is 4.99 Å². The molecule has 0 unspecified atom stereocenters. The third-order valence-electron chi connectivity index (χ3n) is 5.18. The zero-order valence-electron chi connectivity index (χ0n) is 15.2. The van der Waals surface area contributed by atoms with E-state index in [1.807, 2.05) is 0 Å². The van der Waals surface area contributed by atoms with Gasteiger partial charge in [-0.05, 0) is 49.7 Å². The van der Waals surface area contributed by atoms with Crippen LogP contribution in [0.4, 0.5) is 5.69 Å². The summed E-state index contributed by atoms with van der Waals surface area (Å²) in [5, 5.41) is 12.8. The summed E-state index contributed by atoms with van der Waals surface area (Å²) in [5.41, 5.74) is 2.77. The lowest BCUT2D eigenvalue weighted by atomic mass is 9.79. The van der Waals surface area contributed by atoms with E-state index >= 15 is 0 Å². The summed E-state index contributed by atoms with van der Waals surface area (Å²) in [4.78, 5) is 7.25. The van der Waals surface area contributed by atoms with Crippen molar-refractivity contribution in [2.24, 2.45) is 10.4 Å². The van der Waals surface area contributed by atoms with E-state index in [2.05, 4.69) is 55.3 Å². The highest BCUT2D eigenvalue weighted by Gasteiger charge is 2.27. The molecule has 0 aliphatic carbocycles. The van der Waals surface area contributed by atoms with E-state index in [1.54, 1.807) is 0 Å². The monoisotopic (exact) mass is 445 g/mol. The number of benzene rings is 1. The van der Waals surface area contributed by atoms with Crippen LogP contribution in [0.3, 0.4) is 0 Å². The molecule has 1 aromatic carbocycles. The second kappa shape index (κ2) is 10.2. The van der Waals surface area contributed by atoms with Crippen LogP contribution in [0.5, 0.6) is 0 Å². The van der Waals surface area contributed by atoms with E-state index in [-0.39, 0.29) is 36.0 Å². The zero-order valence-corrected chi connectivity index (χ0v) is 17.5. The lowest BCUT2D eigenvalue weighted by Crippen LogP contribution is -2.41. The summed E-state index contributed by atoms with van der Waals surface area (Å²) >= 11 is 0. The molecule has 0 spiro atoms. The van der Waals surface area contributed by atoms with Crippen LogP contribution >= 0.6 is 24.0 Å². The minimum Gasteiger partial charge on any atom is -0.396 e. The van der Waals surface area contributed by atoms with Crippen LogP contribution in [0.1, 0.15) is 45.6 Å². The van der Waals surface area contributed by atoms with Gasteiger partial charge < -0.3 is 15.3 Å². The van der Waals surface area contributed by atoms with Gasteiger partial charge in [0, 0.05) is 31.9 Å². The molecule has 0 amide bonds. The fraction of sp³-hybridized carbons (Fsp3) is 0.632. The number of nitrogens with zero attached hydrogens (tertiary/aromatic N) is 2. The van der Waals surface area contributed by atoms with Gasteiger partial charge in [-0.15, -0.1) is 24.0 Å². The maximum absolute atomic E-state index is 9.40. The maximum Gasteiger partial charge on any atom is 0.198 e. The third kappa shape index (κ3) is 4.85. The molecule has 0 saturated carbocycles. The predicted molar refractivity (Wildman–Crippen MR) is 114 cm³/mol. The van der Waals surface area contributed by atoms with Crippen LogP contribution in [0.2, 0.25) is 0 Å². The van der Waals surface area contributed by atoms with Crippen molar-refractivity contribution < 1.29 is 5.11 Å². The molecule has 1 heterocycles. The molecule has 0 saturated heterocycles. The van der Waals surface area contributed by atoms with Gasteiger partial charge in [0.25, 0.3) is 0 Å². The number of anilines is 1. The largest absolute Gasteiger partial charge is 0.396 e. The summed E-state index contributed by atoms with van der Waals surface area (Å²) < 4.78 is 0. The SMILES string of the molecule is CCNC(=NCC(CC)(CC)CCO)N1CCc2ccccc21.I. The summed E-state index contributed by atoms with van der Waals surface area (Å²) in [6, 6.07) is 8.57. The van der Waals surface area contributed by atoms with Crippen molar-refractivity contribution in [2.75, 3.05) is 31.1 Å². The molecule has 2 rings (SSSR count). The number of hydrogen-bond acceptors (Lipinski definition) is 2. The van der Waals surface area contributed by atoms with Gasteiger partial charge in [0.05, 0.1) is 0 Å².